The van der Waals surface area contributed by atoms with E-state index in [2.05, 4.69) is 52.7 Å². The first kappa shape index (κ1) is 23.7. The van der Waals surface area contributed by atoms with Crippen LogP contribution in [0.5, 0.6) is 0 Å². The minimum atomic E-state index is -0.945. The molecule has 0 aliphatic heterocycles. The van der Waals surface area contributed by atoms with Crippen molar-refractivity contribution in [2.45, 2.75) is 0 Å². The molecule has 4 rings (SSSR count). The molecule has 0 radical (unpaired) electrons. The van der Waals surface area contributed by atoms with Crippen LogP contribution in [0.1, 0.15) is 20.8 Å². The van der Waals surface area contributed by atoms with Gasteiger partial charge in [-0.25, -0.2) is 19.9 Å². The van der Waals surface area contributed by atoms with E-state index in [4.69, 9.17) is 17.3 Å². The van der Waals surface area contributed by atoms with E-state index in [1.165, 1.54) is 16.9 Å². The molecule has 2 aromatic carbocycles. The van der Waals surface area contributed by atoms with Crippen molar-refractivity contribution in [3.63, 3.8) is 0 Å². The standard InChI is InChI=1S/C21H14Br2ClN7O3/c22-15-9-14(31(30-15)18-13(24)6-3-7-26-18)20(33)27-17-12(19(32)28-29-21(25)34)8-10-4-1-2-5-11(10)16(17)23/h1-9H,(H,27,33)(H,28,32)(H3,25,29,34). The number of hydrogen-bond acceptors (Lipinski definition) is 5. The lowest BCUT2D eigenvalue weighted by Crippen LogP contribution is -2.44. The second-order valence-corrected chi connectivity index (χ2v) is 8.82. The predicted molar refractivity (Wildman–Crippen MR) is 134 cm³/mol. The van der Waals surface area contributed by atoms with Gasteiger partial charge in [0.2, 0.25) is 0 Å². The molecule has 0 aliphatic rings. The fraction of sp³-hybridized carbons (Fsp3) is 0. The van der Waals surface area contributed by atoms with Crippen molar-refractivity contribution in [1.29, 1.82) is 0 Å². The van der Waals surface area contributed by atoms with E-state index in [9.17, 15) is 14.4 Å². The number of hydrogen-bond donors (Lipinski definition) is 4. The number of carbonyl (C=O) groups excluding carboxylic acids is 3. The summed E-state index contributed by atoms with van der Waals surface area (Å²) in [5, 5.41) is 8.78. The summed E-state index contributed by atoms with van der Waals surface area (Å²) < 4.78 is 2.12. The van der Waals surface area contributed by atoms with Crippen molar-refractivity contribution in [3.8, 4) is 5.82 Å². The van der Waals surface area contributed by atoms with Crippen LogP contribution in [-0.4, -0.2) is 32.6 Å². The number of benzene rings is 2. The number of anilines is 1. The third-order valence-electron chi connectivity index (χ3n) is 4.62. The summed E-state index contributed by atoms with van der Waals surface area (Å²) in [5.41, 5.74) is 9.64. The maximum Gasteiger partial charge on any atom is 0.330 e. The monoisotopic (exact) mass is 605 g/mol. The van der Waals surface area contributed by atoms with Crippen LogP contribution in [-0.2, 0) is 0 Å². The molecule has 0 atom stereocenters. The van der Waals surface area contributed by atoms with Gasteiger partial charge in [0.25, 0.3) is 11.8 Å². The van der Waals surface area contributed by atoms with E-state index in [1.54, 1.807) is 24.3 Å². The zero-order valence-corrected chi connectivity index (χ0v) is 20.9. The lowest BCUT2D eigenvalue weighted by molar-refractivity contribution is 0.0938. The molecule has 172 valence electrons. The van der Waals surface area contributed by atoms with E-state index in [1.807, 2.05) is 23.6 Å². The van der Waals surface area contributed by atoms with Crippen molar-refractivity contribution >= 4 is 77.8 Å². The largest absolute Gasteiger partial charge is 0.350 e. The van der Waals surface area contributed by atoms with Gasteiger partial charge in [-0.05, 0) is 60.8 Å². The number of rotatable bonds is 4. The van der Waals surface area contributed by atoms with Crippen LogP contribution in [0.2, 0.25) is 5.02 Å². The maximum absolute atomic E-state index is 13.4. The molecule has 0 unspecified atom stereocenters. The fourth-order valence-corrected chi connectivity index (χ4v) is 4.43. The van der Waals surface area contributed by atoms with Gasteiger partial charge in [-0.15, -0.1) is 0 Å². The molecule has 10 nitrogen and oxygen atoms in total. The van der Waals surface area contributed by atoms with E-state index >= 15 is 0 Å². The Morgan fingerprint density at radius 1 is 1.00 bits per heavy atom. The SMILES string of the molecule is NC(=O)NNC(=O)c1cc2ccccc2c(Br)c1NC(=O)c1cc(Br)nn1-c1ncccc1Cl. The Kier molecular flexibility index (Phi) is 6.82. The minimum absolute atomic E-state index is 0.0775. The summed E-state index contributed by atoms with van der Waals surface area (Å²) in [6.45, 7) is 0. The summed E-state index contributed by atoms with van der Waals surface area (Å²) in [6, 6.07) is 12.7. The van der Waals surface area contributed by atoms with E-state index in [-0.39, 0.29) is 27.8 Å². The second-order valence-electron chi connectivity index (χ2n) is 6.80. The molecule has 0 spiro atoms. The van der Waals surface area contributed by atoms with E-state index < -0.39 is 17.8 Å². The number of fused-ring (bicyclic) bond motifs is 1. The third-order valence-corrected chi connectivity index (χ3v) is 6.13. The molecular formula is C21H14Br2ClN7O3. The molecule has 5 N–H and O–H groups in total. The van der Waals surface area contributed by atoms with Crippen molar-refractivity contribution in [3.05, 3.63) is 80.1 Å². The number of nitrogens with zero attached hydrogens (tertiary/aromatic N) is 3. The highest BCUT2D eigenvalue weighted by atomic mass is 79.9. The highest BCUT2D eigenvalue weighted by Crippen LogP contribution is 2.35. The number of primary amides is 1. The van der Waals surface area contributed by atoms with Crippen molar-refractivity contribution < 1.29 is 14.4 Å². The smallest absolute Gasteiger partial charge is 0.330 e. The number of carbonyl (C=O) groups is 3. The predicted octanol–water partition coefficient (Wildman–Crippen LogP) is 4.16. The Hall–Kier alpha value is -3.48. The second kappa shape index (κ2) is 9.79. The van der Waals surface area contributed by atoms with Gasteiger partial charge in [0.05, 0.1) is 16.3 Å². The molecule has 0 fully saturated rings. The molecule has 2 aromatic heterocycles. The Morgan fingerprint density at radius 2 is 1.76 bits per heavy atom. The Balaban J connectivity index is 1.79. The van der Waals surface area contributed by atoms with Gasteiger partial charge in [-0.1, -0.05) is 35.9 Å². The lowest BCUT2D eigenvalue weighted by Gasteiger charge is -2.16. The highest BCUT2D eigenvalue weighted by molar-refractivity contribution is 9.11. The Bertz CT molecular complexity index is 1460. The van der Waals surface area contributed by atoms with E-state index in [0.717, 1.165) is 10.8 Å². The van der Waals surface area contributed by atoms with Gasteiger partial charge in [0.1, 0.15) is 10.3 Å². The van der Waals surface area contributed by atoms with Crippen molar-refractivity contribution in [2.75, 3.05) is 5.32 Å². The Labute approximate surface area is 214 Å². The molecule has 34 heavy (non-hydrogen) atoms. The molecule has 0 saturated heterocycles. The zero-order valence-electron chi connectivity index (χ0n) is 17.0. The van der Waals surface area contributed by atoms with Crippen LogP contribution in [0.3, 0.4) is 0 Å². The summed E-state index contributed by atoms with van der Waals surface area (Å²) >= 11 is 13.0. The van der Waals surface area contributed by atoms with Crippen LogP contribution < -0.4 is 21.9 Å². The van der Waals surface area contributed by atoms with E-state index in [0.29, 0.717) is 9.08 Å². The van der Waals surface area contributed by atoms with Crippen LogP contribution in [0, 0.1) is 0 Å². The van der Waals surface area contributed by atoms with Gasteiger partial charge >= 0.3 is 6.03 Å². The number of halogens is 3. The molecular weight excluding hydrogens is 594 g/mol. The molecule has 13 heteroatoms. The number of nitrogens with two attached hydrogens (primary N) is 1. The van der Waals surface area contributed by atoms with Crippen LogP contribution in [0.25, 0.3) is 16.6 Å². The molecule has 0 saturated carbocycles. The molecule has 0 aliphatic carbocycles. The summed E-state index contributed by atoms with van der Waals surface area (Å²) in [5.74, 6) is -1.03. The first-order chi connectivity index (χ1) is 16.3. The number of pyridine rings is 1. The summed E-state index contributed by atoms with van der Waals surface area (Å²) in [4.78, 5) is 41.4. The summed E-state index contributed by atoms with van der Waals surface area (Å²) in [6.07, 6.45) is 1.52. The Morgan fingerprint density at radius 3 is 2.50 bits per heavy atom. The van der Waals surface area contributed by atoms with Crippen LogP contribution >= 0.6 is 43.5 Å². The van der Waals surface area contributed by atoms with Gasteiger partial charge in [-0.3, -0.25) is 15.0 Å². The van der Waals surface area contributed by atoms with Crippen molar-refractivity contribution in [2.24, 2.45) is 5.73 Å². The van der Waals surface area contributed by atoms with Gasteiger partial charge in [0.15, 0.2) is 5.82 Å². The average molecular weight is 608 g/mol. The maximum atomic E-state index is 13.4. The first-order valence-electron chi connectivity index (χ1n) is 9.51. The molecule has 4 amide bonds. The van der Waals surface area contributed by atoms with Crippen LogP contribution in [0.15, 0.2) is 63.8 Å². The fourth-order valence-electron chi connectivity index (χ4n) is 3.18. The molecule has 2 heterocycles. The average Bonchev–Trinajstić information content (AvgIpc) is 3.21. The number of aromatic nitrogens is 3. The topological polar surface area (TPSA) is 144 Å². The number of hydrazine groups is 1. The number of urea groups is 1. The van der Waals surface area contributed by atoms with Gasteiger partial charge in [0, 0.05) is 16.7 Å². The lowest BCUT2D eigenvalue weighted by atomic mass is 10.0. The van der Waals surface area contributed by atoms with Crippen LogP contribution in [0.4, 0.5) is 10.5 Å². The van der Waals surface area contributed by atoms with Gasteiger partial charge in [-0.2, -0.15) is 5.10 Å². The third kappa shape index (κ3) is 4.74. The quantitative estimate of drug-likeness (QED) is 0.258. The summed E-state index contributed by atoms with van der Waals surface area (Å²) in [7, 11) is 0. The number of amides is 4. The highest BCUT2D eigenvalue weighted by Gasteiger charge is 2.23. The minimum Gasteiger partial charge on any atom is -0.350 e. The van der Waals surface area contributed by atoms with Gasteiger partial charge < -0.3 is 11.1 Å². The first-order valence-corrected chi connectivity index (χ1v) is 11.5. The number of nitrogens with one attached hydrogen (secondary N) is 3. The van der Waals surface area contributed by atoms with Crippen molar-refractivity contribution in [1.82, 2.24) is 25.6 Å². The zero-order chi connectivity index (χ0) is 24.4. The molecule has 0 bridgehead atoms. The molecule has 4 aromatic rings. The normalized spacial score (nSPS) is 10.7.